The number of piperazine rings is 1. The Balaban J connectivity index is 1.62. The minimum absolute atomic E-state index is 0.489. The third kappa shape index (κ3) is 3.09. The van der Waals surface area contributed by atoms with Crippen molar-refractivity contribution in [3.8, 4) is 0 Å². The fourth-order valence-corrected chi connectivity index (χ4v) is 3.06. The first-order valence-corrected chi connectivity index (χ1v) is 7.35. The van der Waals surface area contributed by atoms with Gasteiger partial charge in [-0.1, -0.05) is 60.7 Å². The normalized spacial score (nSPS) is 23.6. The number of likely N-dealkylation sites (N-methyl/N-ethyl adjacent to an activating group) is 1. The molecule has 2 aromatic rings. The van der Waals surface area contributed by atoms with E-state index in [9.17, 15) is 0 Å². The maximum atomic E-state index is 3.70. The summed E-state index contributed by atoms with van der Waals surface area (Å²) in [7, 11) is 2.23. The molecule has 2 unspecified atom stereocenters. The number of nitrogens with one attached hydrogen (secondary N) is 1. The molecule has 1 aliphatic heterocycles. The summed E-state index contributed by atoms with van der Waals surface area (Å²) in [5, 5.41) is 3.70. The average molecular weight is 266 g/mol. The minimum atomic E-state index is 0.489. The molecule has 0 amide bonds. The smallest absolute Gasteiger partial charge is 0.0470 e. The maximum absolute atomic E-state index is 3.70. The SMILES string of the molecule is CN1CC(Cc2ccccc2)NCC1c1ccccc1. The molecular formula is C18H22N2. The van der Waals surface area contributed by atoms with Gasteiger partial charge in [-0.3, -0.25) is 4.90 Å². The van der Waals surface area contributed by atoms with Gasteiger partial charge in [0.1, 0.15) is 0 Å². The Hall–Kier alpha value is -1.64. The first-order chi connectivity index (χ1) is 9.83. The van der Waals surface area contributed by atoms with Crippen LogP contribution in [0.5, 0.6) is 0 Å². The Labute approximate surface area is 121 Å². The highest BCUT2D eigenvalue weighted by Crippen LogP contribution is 2.22. The van der Waals surface area contributed by atoms with Crippen LogP contribution >= 0.6 is 0 Å². The number of nitrogens with zero attached hydrogens (tertiary/aromatic N) is 1. The molecule has 0 spiro atoms. The van der Waals surface area contributed by atoms with Crippen LogP contribution in [0.15, 0.2) is 60.7 Å². The van der Waals surface area contributed by atoms with Crippen LogP contribution in [0.4, 0.5) is 0 Å². The lowest BCUT2D eigenvalue weighted by atomic mass is 9.98. The van der Waals surface area contributed by atoms with Crippen molar-refractivity contribution in [1.82, 2.24) is 10.2 Å². The number of hydrogen-bond acceptors (Lipinski definition) is 2. The Bertz CT molecular complexity index is 524. The number of benzene rings is 2. The standard InChI is InChI=1S/C18H22N2/c1-20-14-17(12-15-8-4-2-5-9-15)19-13-18(20)16-10-6-3-7-11-16/h2-11,17-19H,12-14H2,1H3. The molecule has 0 aromatic heterocycles. The number of rotatable bonds is 3. The Kier molecular flexibility index (Phi) is 4.14. The summed E-state index contributed by atoms with van der Waals surface area (Å²) in [5.41, 5.74) is 2.82. The molecule has 1 saturated heterocycles. The molecule has 20 heavy (non-hydrogen) atoms. The van der Waals surface area contributed by atoms with Crippen molar-refractivity contribution >= 4 is 0 Å². The highest BCUT2D eigenvalue weighted by molar-refractivity contribution is 5.21. The second-order valence-corrected chi connectivity index (χ2v) is 5.66. The molecule has 0 bridgehead atoms. The molecule has 2 heteroatoms. The van der Waals surface area contributed by atoms with E-state index in [0.717, 1.165) is 19.5 Å². The lowest BCUT2D eigenvalue weighted by Crippen LogP contribution is -2.51. The largest absolute Gasteiger partial charge is 0.310 e. The molecule has 1 fully saturated rings. The zero-order valence-corrected chi connectivity index (χ0v) is 12.0. The minimum Gasteiger partial charge on any atom is -0.310 e. The van der Waals surface area contributed by atoms with E-state index in [-0.39, 0.29) is 0 Å². The average Bonchev–Trinajstić information content (AvgIpc) is 2.49. The summed E-state index contributed by atoms with van der Waals surface area (Å²) in [5.74, 6) is 0. The van der Waals surface area contributed by atoms with Gasteiger partial charge in [0.2, 0.25) is 0 Å². The molecule has 1 aliphatic rings. The van der Waals surface area contributed by atoms with Crippen LogP contribution in [0, 0.1) is 0 Å². The van der Waals surface area contributed by atoms with Gasteiger partial charge in [-0.15, -0.1) is 0 Å². The zero-order valence-electron chi connectivity index (χ0n) is 12.0. The maximum Gasteiger partial charge on any atom is 0.0470 e. The topological polar surface area (TPSA) is 15.3 Å². The molecule has 1 N–H and O–H groups in total. The van der Waals surface area contributed by atoms with E-state index in [2.05, 4.69) is 77.9 Å². The van der Waals surface area contributed by atoms with Gasteiger partial charge >= 0.3 is 0 Å². The van der Waals surface area contributed by atoms with Crippen LogP contribution in [-0.2, 0) is 6.42 Å². The third-order valence-corrected chi connectivity index (χ3v) is 4.15. The van der Waals surface area contributed by atoms with E-state index in [0.29, 0.717) is 12.1 Å². The fraction of sp³-hybridized carbons (Fsp3) is 0.333. The highest BCUT2D eigenvalue weighted by Gasteiger charge is 2.25. The highest BCUT2D eigenvalue weighted by atomic mass is 15.2. The van der Waals surface area contributed by atoms with Crippen molar-refractivity contribution < 1.29 is 0 Å². The monoisotopic (exact) mass is 266 g/mol. The van der Waals surface area contributed by atoms with E-state index in [1.54, 1.807) is 0 Å². The molecule has 2 atom stereocenters. The van der Waals surface area contributed by atoms with Crippen LogP contribution in [-0.4, -0.2) is 31.1 Å². The van der Waals surface area contributed by atoms with Crippen LogP contribution in [0.25, 0.3) is 0 Å². The van der Waals surface area contributed by atoms with E-state index in [4.69, 9.17) is 0 Å². The Morgan fingerprint density at radius 3 is 2.30 bits per heavy atom. The Morgan fingerprint density at radius 1 is 1.00 bits per heavy atom. The molecule has 1 heterocycles. The van der Waals surface area contributed by atoms with Gasteiger partial charge in [-0.25, -0.2) is 0 Å². The van der Waals surface area contributed by atoms with Crippen LogP contribution in [0.3, 0.4) is 0 Å². The van der Waals surface area contributed by atoms with Crippen molar-refractivity contribution in [2.75, 3.05) is 20.1 Å². The summed E-state index contributed by atoms with van der Waals surface area (Å²) in [6.45, 7) is 2.12. The van der Waals surface area contributed by atoms with Gasteiger partial charge < -0.3 is 5.32 Å². The van der Waals surface area contributed by atoms with Crippen LogP contribution < -0.4 is 5.32 Å². The van der Waals surface area contributed by atoms with Crippen molar-refractivity contribution in [2.24, 2.45) is 0 Å². The predicted molar refractivity (Wildman–Crippen MR) is 83.7 cm³/mol. The summed E-state index contributed by atoms with van der Waals surface area (Å²) in [4.78, 5) is 2.47. The van der Waals surface area contributed by atoms with E-state index < -0.39 is 0 Å². The van der Waals surface area contributed by atoms with Crippen molar-refractivity contribution in [1.29, 1.82) is 0 Å². The quantitative estimate of drug-likeness (QED) is 0.919. The number of hydrogen-bond donors (Lipinski definition) is 1. The van der Waals surface area contributed by atoms with Crippen molar-refractivity contribution in [3.63, 3.8) is 0 Å². The predicted octanol–water partition coefficient (Wildman–Crippen LogP) is 2.87. The van der Waals surface area contributed by atoms with Gasteiger partial charge in [0.25, 0.3) is 0 Å². The molecule has 0 radical (unpaired) electrons. The van der Waals surface area contributed by atoms with Crippen LogP contribution in [0.1, 0.15) is 17.2 Å². The van der Waals surface area contributed by atoms with E-state index >= 15 is 0 Å². The molecule has 0 saturated carbocycles. The van der Waals surface area contributed by atoms with Gasteiger partial charge in [0, 0.05) is 25.2 Å². The second-order valence-electron chi connectivity index (χ2n) is 5.66. The lowest BCUT2D eigenvalue weighted by molar-refractivity contribution is 0.163. The van der Waals surface area contributed by atoms with Gasteiger partial charge in [-0.2, -0.15) is 0 Å². The first kappa shape index (κ1) is 13.3. The summed E-state index contributed by atoms with van der Waals surface area (Å²) >= 11 is 0. The zero-order chi connectivity index (χ0) is 13.8. The van der Waals surface area contributed by atoms with Crippen molar-refractivity contribution in [2.45, 2.75) is 18.5 Å². The first-order valence-electron chi connectivity index (χ1n) is 7.35. The molecule has 0 aliphatic carbocycles. The van der Waals surface area contributed by atoms with Crippen LogP contribution in [0.2, 0.25) is 0 Å². The summed E-state index contributed by atoms with van der Waals surface area (Å²) < 4.78 is 0. The molecule has 104 valence electrons. The van der Waals surface area contributed by atoms with Gasteiger partial charge in [-0.05, 0) is 24.6 Å². The fourth-order valence-electron chi connectivity index (χ4n) is 3.06. The van der Waals surface area contributed by atoms with Crippen molar-refractivity contribution in [3.05, 3.63) is 71.8 Å². The van der Waals surface area contributed by atoms with E-state index in [1.165, 1.54) is 11.1 Å². The molecule has 2 nitrogen and oxygen atoms in total. The summed E-state index contributed by atoms with van der Waals surface area (Å²) in [6, 6.07) is 22.6. The molecular weight excluding hydrogens is 244 g/mol. The van der Waals surface area contributed by atoms with Gasteiger partial charge in [0.05, 0.1) is 0 Å². The summed E-state index contributed by atoms with van der Waals surface area (Å²) in [6.07, 6.45) is 1.10. The van der Waals surface area contributed by atoms with Gasteiger partial charge in [0.15, 0.2) is 0 Å². The molecule has 3 rings (SSSR count). The molecule has 2 aromatic carbocycles. The van der Waals surface area contributed by atoms with E-state index in [1.807, 2.05) is 0 Å². The lowest BCUT2D eigenvalue weighted by Gasteiger charge is -2.38. The third-order valence-electron chi connectivity index (χ3n) is 4.15. The Morgan fingerprint density at radius 2 is 1.65 bits per heavy atom. The second kappa shape index (κ2) is 6.21.